The number of ether oxygens (including phenoxy) is 2. The van der Waals surface area contributed by atoms with Crippen LogP contribution in [0.25, 0.3) is 0 Å². The fraction of sp³-hybridized carbons (Fsp3) is 0.423. The first-order valence-electron chi connectivity index (χ1n) is 13.3. The molecule has 1 aromatic carbocycles. The Bertz CT molecular complexity index is 1610. The normalized spacial score (nSPS) is 26.0. The first-order chi connectivity index (χ1) is 20.6. The van der Waals surface area contributed by atoms with E-state index >= 15 is 0 Å². The summed E-state index contributed by atoms with van der Waals surface area (Å²) in [6.07, 6.45) is -2.60. The van der Waals surface area contributed by atoms with Crippen LogP contribution in [0.5, 0.6) is 0 Å². The molecule has 7 atom stereocenters. The van der Waals surface area contributed by atoms with Gasteiger partial charge in [0.25, 0.3) is 11.5 Å². The number of carbonyl (C=O) groups excluding carboxylic acids is 1. The Balaban J connectivity index is 1.15. The number of nitrogens with one attached hydrogen (secondary N) is 2. The lowest BCUT2D eigenvalue weighted by molar-refractivity contribution is -0.0527. The molecule has 16 nitrogen and oxygen atoms in total. The summed E-state index contributed by atoms with van der Waals surface area (Å²) in [5, 5.41) is 22.8. The molecule has 3 aromatic rings. The average molecular weight is 620 g/mol. The number of H-pyrrole nitrogens is 1. The number of amides is 1. The SMILES string of the molecule is Cc1cn([C@H]2C[C@H](O)[C@@H](COP(O)O[C@H]3C[C@H](n4ccc(NC(=O)c5ccccc5)nc4=O)O[C@@H]3CO)O2)c(=O)[nH]c1=O. The molecule has 2 aliphatic rings. The minimum atomic E-state index is -2.53. The zero-order valence-corrected chi connectivity index (χ0v) is 23.7. The summed E-state index contributed by atoms with van der Waals surface area (Å²) >= 11 is 0. The lowest BCUT2D eigenvalue weighted by atomic mass is 10.2. The lowest BCUT2D eigenvalue weighted by Gasteiger charge is -2.21. The Kier molecular flexibility index (Phi) is 9.59. The second kappa shape index (κ2) is 13.4. The Labute approximate surface area is 244 Å². The van der Waals surface area contributed by atoms with Crippen LogP contribution in [0.4, 0.5) is 5.82 Å². The van der Waals surface area contributed by atoms with Gasteiger partial charge in [0.15, 0.2) is 0 Å². The first kappa shape index (κ1) is 30.8. The third-order valence-corrected chi connectivity index (χ3v) is 7.83. The van der Waals surface area contributed by atoms with Crippen LogP contribution >= 0.6 is 8.60 Å². The van der Waals surface area contributed by atoms with Gasteiger partial charge in [0.05, 0.1) is 25.4 Å². The molecule has 230 valence electrons. The van der Waals surface area contributed by atoms with Crippen LogP contribution in [0.3, 0.4) is 0 Å². The van der Waals surface area contributed by atoms with Crippen molar-refractivity contribution in [2.45, 2.75) is 56.6 Å². The van der Waals surface area contributed by atoms with Gasteiger partial charge in [-0.3, -0.25) is 23.7 Å². The van der Waals surface area contributed by atoms with Crippen LogP contribution < -0.4 is 22.3 Å². The van der Waals surface area contributed by atoms with Crippen LogP contribution in [0.2, 0.25) is 0 Å². The number of anilines is 1. The van der Waals surface area contributed by atoms with Crippen molar-refractivity contribution in [1.82, 2.24) is 19.1 Å². The molecule has 0 aliphatic carbocycles. The van der Waals surface area contributed by atoms with Crippen molar-refractivity contribution < 1.29 is 38.4 Å². The van der Waals surface area contributed by atoms with Crippen LogP contribution in [0, 0.1) is 6.92 Å². The molecule has 1 amide bonds. The molecule has 5 rings (SSSR count). The highest BCUT2D eigenvalue weighted by atomic mass is 31.2. The monoisotopic (exact) mass is 619 g/mol. The summed E-state index contributed by atoms with van der Waals surface area (Å²) in [5.41, 5.74) is -1.23. The van der Waals surface area contributed by atoms with Crippen LogP contribution in [-0.4, -0.2) is 77.7 Å². The Hall–Kier alpha value is -3.60. The van der Waals surface area contributed by atoms with Crippen LogP contribution in [0.1, 0.15) is 41.2 Å². The molecular formula is C26H30N5O11P. The summed E-state index contributed by atoms with van der Waals surface area (Å²) in [7, 11) is -2.53. The minimum absolute atomic E-state index is 0.0472. The van der Waals surface area contributed by atoms with Crippen molar-refractivity contribution in [2.24, 2.45) is 0 Å². The molecule has 0 radical (unpaired) electrons. The number of benzene rings is 1. The molecule has 43 heavy (non-hydrogen) atoms. The molecular weight excluding hydrogens is 589 g/mol. The Morgan fingerprint density at radius 3 is 2.56 bits per heavy atom. The molecule has 2 saturated heterocycles. The summed E-state index contributed by atoms with van der Waals surface area (Å²) < 4.78 is 24.8. The number of aromatic amines is 1. The highest BCUT2D eigenvalue weighted by Crippen LogP contribution is 2.42. The van der Waals surface area contributed by atoms with Gasteiger partial charge in [-0.2, -0.15) is 4.98 Å². The highest BCUT2D eigenvalue weighted by Gasteiger charge is 2.40. The lowest BCUT2D eigenvalue weighted by Crippen LogP contribution is -2.33. The van der Waals surface area contributed by atoms with Gasteiger partial charge in [-0.1, -0.05) is 18.2 Å². The average Bonchev–Trinajstić information content (AvgIpc) is 3.56. The highest BCUT2D eigenvalue weighted by molar-refractivity contribution is 7.40. The summed E-state index contributed by atoms with van der Waals surface area (Å²) in [5.74, 6) is -0.384. The summed E-state index contributed by atoms with van der Waals surface area (Å²) in [6, 6.07) is 9.86. The molecule has 0 saturated carbocycles. The van der Waals surface area contributed by atoms with Crippen LogP contribution in [-0.2, 0) is 18.5 Å². The fourth-order valence-corrected chi connectivity index (χ4v) is 5.53. The van der Waals surface area contributed by atoms with Gasteiger partial charge in [0, 0.05) is 36.4 Å². The summed E-state index contributed by atoms with van der Waals surface area (Å²) in [4.78, 5) is 65.3. The second-order valence-corrected chi connectivity index (χ2v) is 10.9. The van der Waals surface area contributed by atoms with Gasteiger partial charge in [0.2, 0.25) is 0 Å². The maximum Gasteiger partial charge on any atom is 0.351 e. The first-order valence-corrected chi connectivity index (χ1v) is 14.4. The van der Waals surface area contributed by atoms with E-state index in [0.29, 0.717) is 11.1 Å². The summed E-state index contributed by atoms with van der Waals surface area (Å²) in [6.45, 7) is 0.775. The smallest absolute Gasteiger partial charge is 0.351 e. The topological polar surface area (TPSA) is 216 Å². The fourth-order valence-electron chi connectivity index (χ4n) is 4.75. The van der Waals surface area contributed by atoms with Crippen molar-refractivity contribution >= 4 is 20.3 Å². The maximum atomic E-state index is 12.7. The predicted molar refractivity (Wildman–Crippen MR) is 149 cm³/mol. The van der Waals surface area contributed by atoms with E-state index in [4.69, 9.17) is 18.5 Å². The van der Waals surface area contributed by atoms with Crippen molar-refractivity contribution in [3.8, 4) is 0 Å². The van der Waals surface area contributed by atoms with Gasteiger partial charge in [-0.05, 0) is 25.1 Å². The number of aromatic nitrogens is 4. The number of rotatable bonds is 10. The molecule has 5 N–H and O–H groups in total. The van der Waals surface area contributed by atoms with E-state index in [-0.39, 0.29) is 25.3 Å². The van der Waals surface area contributed by atoms with Gasteiger partial charge in [0.1, 0.15) is 30.5 Å². The standard InChI is InChI=1S/C26H30N5O11P/c1-14-11-31(26(37)29-23(14)34)21-9-16(33)19(41-21)13-39-43(38)42-17-10-22(40-18(17)12-32)30-8-7-20(28-25(30)36)27-24(35)15-5-3-2-4-6-15/h2-8,11,16-19,21-22,32-33,38H,9-10,12-13H2,1H3,(H,29,34,37)(H,27,28,35,36)/t16-,17-,18+,19+,21+,22+,43?/m0/s1. The van der Waals surface area contributed by atoms with E-state index < -0.39 is 74.9 Å². The number of hydrogen-bond donors (Lipinski definition) is 5. The van der Waals surface area contributed by atoms with E-state index in [0.717, 1.165) is 0 Å². The molecule has 0 spiro atoms. The molecule has 2 aromatic heterocycles. The largest absolute Gasteiger partial charge is 0.394 e. The number of aryl methyl sites for hydroxylation is 1. The zero-order valence-electron chi connectivity index (χ0n) is 22.8. The van der Waals surface area contributed by atoms with E-state index in [9.17, 15) is 34.3 Å². The number of aliphatic hydroxyl groups excluding tert-OH is 2. The van der Waals surface area contributed by atoms with E-state index in [2.05, 4.69) is 15.3 Å². The zero-order chi connectivity index (χ0) is 30.7. The number of aliphatic hydroxyl groups is 2. The molecule has 2 aliphatic heterocycles. The number of hydrogen-bond acceptors (Lipinski definition) is 12. The molecule has 4 heterocycles. The molecule has 0 bridgehead atoms. The van der Waals surface area contributed by atoms with E-state index in [1.807, 2.05) is 0 Å². The molecule has 2 fully saturated rings. The van der Waals surface area contributed by atoms with Crippen molar-refractivity contribution in [2.75, 3.05) is 18.5 Å². The third-order valence-electron chi connectivity index (χ3n) is 7.01. The van der Waals surface area contributed by atoms with E-state index in [1.54, 1.807) is 30.3 Å². The quantitative estimate of drug-likeness (QED) is 0.188. The van der Waals surface area contributed by atoms with Gasteiger partial charge >= 0.3 is 20.0 Å². The molecule has 1 unspecified atom stereocenters. The van der Waals surface area contributed by atoms with Crippen molar-refractivity contribution in [1.29, 1.82) is 0 Å². The Morgan fingerprint density at radius 1 is 1.12 bits per heavy atom. The number of nitrogens with zero attached hydrogens (tertiary/aromatic N) is 3. The van der Waals surface area contributed by atoms with Gasteiger partial charge in [-0.15, -0.1) is 0 Å². The minimum Gasteiger partial charge on any atom is -0.394 e. The second-order valence-electron chi connectivity index (χ2n) is 9.96. The van der Waals surface area contributed by atoms with Gasteiger partial charge < -0.3 is 38.9 Å². The van der Waals surface area contributed by atoms with Crippen molar-refractivity contribution in [3.05, 3.63) is 91.2 Å². The van der Waals surface area contributed by atoms with Gasteiger partial charge in [-0.25, -0.2) is 9.59 Å². The van der Waals surface area contributed by atoms with Crippen molar-refractivity contribution in [3.63, 3.8) is 0 Å². The third kappa shape index (κ3) is 7.14. The van der Waals surface area contributed by atoms with E-state index in [1.165, 1.54) is 34.5 Å². The molecule has 17 heteroatoms. The maximum absolute atomic E-state index is 12.7. The van der Waals surface area contributed by atoms with Crippen LogP contribution in [0.15, 0.2) is 63.2 Å². The number of carbonyl (C=O) groups is 1. The predicted octanol–water partition coefficient (Wildman–Crippen LogP) is -0.0966. The Morgan fingerprint density at radius 2 is 1.84 bits per heavy atom.